The Bertz CT molecular complexity index is 807. The Kier molecular flexibility index (Phi) is 3.44. The van der Waals surface area contributed by atoms with E-state index in [1.54, 1.807) is 6.07 Å². The van der Waals surface area contributed by atoms with Crippen LogP contribution in [0.5, 0.6) is 0 Å². The summed E-state index contributed by atoms with van der Waals surface area (Å²) in [4.78, 5) is 12.1. The van der Waals surface area contributed by atoms with Crippen molar-refractivity contribution in [3.63, 3.8) is 0 Å². The summed E-state index contributed by atoms with van der Waals surface area (Å²) in [6, 6.07) is 11.8. The summed E-state index contributed by atoms with van der Waals surface area (Å²) in [5.41, 5.74) is 3.08. The van der Waals surface area contributed by atoms with Gasteiger partial charge in [0, 0.05) is 16.6 Å². The summed E-state index contributed by atoms with van der Waals surface area (Å²) >= 11 is 0. The lowest BCUT2D eigenvalue weighted by Crippen LogP contribution is -2.14. The zero-order valence-electron chi connectivity index (χ0n) is 11.5. The van der Waals surface area contributed by atoms with E-state index in [1.165, 1.54) is 18.4 Å². The van der Waals surface area contributed by atoms with Crippen LogP contribution >= 0.6 is 0 Å². The highest BCUT2D eigenvalue weighted by atomic mass is 19.1. The Labute approximate surface area is 121 Å². The molecule has 0 spiro atoms. The van der Waals surface area contributed by atoms with Crippen LogP contribution < -0.4 is 5.32 Å². The van der Waals surface area contributed by atoms with Gasteiger partial charge in [-0.15, -0.1) is 0 Å². The Balaban J connectivity index is 1.79. The van der Waals surface area contributed by atoms with E-state index in [4.69, 9.17) is 4.42 Å². The molecule has 0 aliphatic carbocycles. The smallest absolute Gasteiger partial charge is 0.228 e. The SMILES string of the molecule is Cc1cccc(NC(=O)Cc2coc3ccc(F)cc23)c1. The molecule has 0 bridgehead atoms. The molecule has 0 radical (unpaired) electrons. The van der Waals surface area contributed by atoms with Gasteiger partial charge in [0.05, 0.1) is 12.7 Å². The number of carbonyl (C=O) groups excluding carboxylic acids is 1. The zero-order valence-corrected chi connectivity index (χ0v) is 11.5. The maximum absolute atomic E-state index is 13.3. The van der Waals surface area contributed by atoms with Gasteiger partial charge >= 0.3 is 0 Å². The second kappa shape index (κ2) is 5.40. The van der Waals surface area contributed by atoms with E-state index >= 15 is 0 Å². The fraction of sp³-hybridized carbons (Fsp3) is 0.118. The summed E-state index contributed by atoms with van der Waals surface area (Å²) < 4.78 is 18.6. The molecule has 0 atom stereocenters. The summed E-state index contributed by atoms with van der Waals surface area (Å²) in [6.45, 7) is 1.96. The van der Waals surface area contributed by atoms with Gasteiger partial charge < -0.3 is 9.73 Å². The Hall–Kier alpha value is -2.62. The fourth-order valence-electron chi connectivity index (χ4n) is 2.29. The van der Waals surface area contributed by atoms with Crippen LogP contribution in [0, 0.1) is 12.7 Å². The third kappa shape index (κ3) is 2.94. The minimum absolute atomic E-state index is 0.143. The molecule has 3 rings (SSSR count). The monoisotopic (exact) mass is 283 g/mol. The molecule has 1 heterocycles. The summed E-state index contributed by atoms with van der Waals surface area (Å²) in [7, 11) is 0. The molecule has 0 aliphatic heterocycles. The van der Waals surface area contributed by atoms with Crippen molar-refractivity contribution in [2.45, 2.75) is 13.3 Å². The first-order valence-corrected chi connectivity index (χ1v) is 6.64. The van der Waals surface area contributed by atoms with Crippen molar-refractivity contribution >= 4 is 22.6 Å². The van der Waals surface area contributed by atoms with E-state index < -0.39 is 0 Å². The lowest BCUT2D eigenvalue weighted by molar-refractivity contribution is -0.115. The highest BCUT2D eigenvalue weighted by molar-refractivity contribution is 5.95. The molecule has 106 valence electrons. The average Bonchev–Trinajstić information content (AvgIpc) is 2.81. The quantitative estimate of drug-likeness (QED) is 0.787. The molecule has 2 aromatic carbocycles. The van der Waals surface area contributed by atoms with Crippen molar-refractivity contribution in [2.24, 2.45) is 0 Å². The molecule has 3 nitrogen and oxygen atoms in total. The normalized spacial score (nSPS) is 10.8. The number of anilines is 1. The first kappa shape index (κ1) is 13.4. The molecule has 0 aliphatic rings. The second-order valence-corrected chi connectivity index (χ2v) is 5.00. The highest BCUT2D eigenvalue weighted by Crippen LogP contribution is 2.23. The van der Waals surface area contributed by atoms with Crippen LogP contribution in [0.2, 0.25) is 0 Å². The van der Waals surface area contributed by atoms with Gasteiger partial charge in [-0.2, -0.15) is 0 Å². The molecular weight excluding hydrogens is 269 g/mol. The van der Waals surface area contributed by atoms with E-state index in [9.17, 15) is 9.18 Å². The van der Waals surface area contributed by atoms with Crippen LogP contribution in [0.3, 0.4) is 0 Å². The van der Waals surface area contributed by atoms with E-state index in [0.29, 0.717) is 16.5 Å². The molecule has 3 aromatic rings. The van der Waals surface area contributed by atoms with Crippen LogP contribution in [-0.4, -0.2) is 5.91 Å². The van der Waals surface area contributed by atoms with Crippen LogP contribution in [0.1, 0.15) is 11.1 Å². The Morgan fingerprint density at radius 1 is 1.24 bits per heavy atom. The number of nitrogens with one attached hydrogen (secondary N) is 1. The second-order valence-electron chi connectivity index (χ2n) is 5.00. The molecule has 0 unspecified atom stereocenters. The summed E-state index contributed by atoms with van der Waals surface area (Å²) in [6.07, 6.45) is 1.64. The van der Waals surface area contributed by atoms with Crippen LogP contribution in [0.4, 0.5) is 10.1 Å². The Morgan fingerprint density at radius 3 is 2.90 bits per heavy atom. The van der Waals surface area contributed by atoms with Gasteiger partial charge in [0.25, 0.3) is 0 Å². The minimum atomic E-state index is -0.343. The average molecular weight is 283 g/mol. The lowest BCUT2D eigenvalue weighted by atomic mass is 10.1. The Morgan fingerprint density at radius 2 is 2.10 bits per heavy atom. The number of benzene rings is 2. The number of aryl methyl sites for hydroxylation is 1. The minimum Gasteiger partial charge on any atom is -0.464 e. The van der Waals surface area contributed by atoms with Gasteiger partial charge in [-0.3, -0.25) is 4.79 Å². The van der Waals surface area contributed by atoms with Crippen LogP contribution in [-0.2, 0) is 11.2 Å². The predicted molar refractivity (Wildman–Crippen MR) is 79.7 cm³/mol. The molecule has 0 saturated carbocycles. The molecular formula is C17H14FNO2. The van der Waals surface area contributed by atoms with E-state index in [-0.39, 0.29) is 18.1 Å². The number of hydrogen-bond donors (Lipinski definition) is 1. The molecule has 1 amide bonds. The number of hydrogen-bond acceptors (Lipinski definition) is 2. The van der Waals surface area contributed by atoms with Gasteiger partial charge in [-0.05, 0) is 42.8 Å². The van der Waals surface area contributed by atoms with E-state index in [0.717, 1.165) is 11.3 Å². The maximum atomic E-state index is 13.3. The summed E-state index contributed by atoms with van der Waals surface area (Å²) in [5, 5.41) is 3.46. The van der Waals surface area contributed by atoms with Gasteiger partial charge in [0.2, 0.25) is 5.91 Å². The fourth-order valence-corrected chi connectivity index (χ4v) is 2.29. The number of furan rings is 1. The van der Waals surface area contributed by atoms with Gasteiger partial charge in [0.15, 0.2) is 0 Å². The lowest BCUT2D eigenvalue weighted by Gasteiger charge is -2.05. The van der Waals surface area contributed by atoms with Crippen molar-refractivity contribution in [3.8, 4) is 0 Å². The van der Waals surface area contributed by atoms with Crippen molar-refractivity contribution < 1.29 is 13.6 Å². The van der Waals surface area contributed by atoms with Crippen LogP contribution in [0.15, 0.2) is 53.1 Å². The largest absolute Gasteiger partial charge is 0.464 e. The van der Waals surface area contributed by atoms with Gasteiger partial charge in [-0.25, -0.2) is 4.39 Å². The van der Waals surface area contributed by atoms with E-state index in [2.05, 4.69) is 5.32 Å². The zero-order chi connectivity index (χ0) is 14.8. The predicted octanol–water partition coefficient (Wildman–Crippen LogP) is 4.06. The molecule has 21 heavy (non-hydrogen) atoms. The van der Waals surface area contributed by atoms with Crippen molar-refractivity contribution in [1.82, 2.24) is 0 Å². The van der Waals surface area contributed by atoms with Crippen LogP contribution in [0.25, 0.3) is 11.0 Å². The standard InChI is InChI=1S/C17H14FNO2/c1-11-3-2-4-14(7-11)19-17(20)8-12-10-21-16-6-5-13(18)9-15(12)16/h2-7,9-10H,8H2,1H3,(H,19,20). The van der Waals surface area contributed by atoms with Crippen molar-refractivity contribution in [2.75, 3.05) is 5.32 Å². The first-order valence-electron chi connectivity index (χ1n) is 6.64. The molecule has 1 N–H and O–H groups in total. The third-order valence-electron chi connectivity index (χ3n) is 3.27. The number of fused-ring (bicyclic) bond motifs is 1. The van der Waals surface area contributed by atoms with Crippen molar-refractivity contribution in [1.29, 1.82) is 0 Å². The maximum Gasteiger partial charge on any atom is 0.228 e. The molecule has 0 saturated heterocycles. The topological polar surface area (TPSA) is 42.2 Å². The number of carbonyl (C=O) groups is 1. The highest BCUT2D eigenvalue weighted by Gasteiger charge is 2.11. The van der Waals surface area contributed by atoms with E-state index in [1.807, 2.05) is 31.2 Å². The third-order valence-corrected chi connectivity index (χ3v) is 3.27. The van der Waals surface area contributed by atoms with Crippen molar-refractivity contribution in [3.05, 3.63) is 65.7 Å². The van der Waals surface area contributed by atoms with Gasteiger partial charge in [-0.1, -0.05) is 12.1 Å². The first-order chi connectivity index (χ1) is 10.1. The molecule has 4 heteroatoms. The molecule has 0 fully saturated rings. The molecule has 1 aromatic heterocycles. The number of rotatable bonds is 3. The number of amides is 1. The summed E-state index contributed by atoms with van der Waals surface area (Å²) in [5.74, 6) is -0.503. The number of halogens is 1. The van der Waals surface area contributed by atoms with Gasteiger partial charge in [0.1, 0.15) is 11.4 Å².